The molecule has 6 rings (SSSR count). The molecule has 0 radical (unpaired) electrons. The fraction of sp³-hybridized carbons (Fsp3) is 0. The second-order valence-corrected chi connectivity index (χ2v) is 8.23. The van der Waals surface area contributed by atoms with Gasteiger partial charge in [0.15, 0.2) is 0 Å². The van der Waals surface area contributed by atoms with Gasteiger partial charge in [-0.05, 0) is 54.1 Å². The quantitative estimate of drug-likeness (QED) is 0.305. The molecule has 1 amide bonds. The molecular formula is C29H18N4O4. The molecule has 0 saturated carbocycles. The van der Waals surface area contributed by atoms with Gasteiger partial charge in [-0.3, -0.25) is 9.78 Å². The minimum Gasteiger partial charge on any atom is -0.422 e. The number of carbonyl (C=O) groups excluding carboxylic acids is 1. The van der Waals surface area contributed by atoms with Crippen LogP contribution in [0, 0.1) is 0 Å². The third-order valence-electron chi connectivity index (χ3n) is 5.85. The highest BCUT2D eigenvalue weighted by atomic mass is 16.5. The van der Waals surface area contributed by atoms with E-state index in [-0.39, 0.29) is 11.8 Å². The predicted molar refractivity (Wildman–Crippen MR) is 139 cm³/mol. The normalized spacial score (nSPS) is 10.9. The standard InChI is InChI=1S/C29H18N4O4/c34-27(19-13-11-18(12-14-19)23-16-20-6-1-4-10-25(20)36-29(23)35)31-24-9-3-2-8-22(24)28-32-26(33-37-28)21-7-5-15-30-17-21/h1-17H,(H,31,34). The summed E-state index contributed by atoms with van der Waals surface area (Å²) in [5.74, 6) is 0.350. The van der Waals surface area contributed by atoms with Gasteiger partial charge in [-0.25, -0.2) is 4.79 Å². The van der Waals surface area contributed by atoms with Crippen molar-refractivity contribution in [2.24, 2.45) is 0 Å². The van der Waals surface area contributed by atoms with Crippen LogP contribution in [0.2, 0.25) is 0 Å². The molecule has 0 fully saturated rings. The predicted octanol–water partition coefficient (Wildman–Crippen LogP) is 5.82. The molecule has 0 bridgehead atoms. The molecule has 8 heteroatoms. The van der Waals surface area contributed by atoms with Crippen LogP contribution in [0.4, 0.5) is 5.69 Å². The van der Waals surface area contributed by atoms with Crippen LogP contribution in [0.5, 0.6) is 0 Å². The number of rotatable bonds is 5. The van der Waals surface area contributed by atoms with E-state index < -0.39 is 5.63 Å². The number of hydrogen-bond donors (Lipinski definition) is 1. The van der Waals surface area contributed by atoms with Gasteiger partial charge in [0, 0.05) is 28.9 Å². The van der Waals surface area contributed by atoms with E-state index >= 15 is 0 Å². The maximum Gasteiger partial charge on any atom is 0.344 e. The van der Waals surface area contributed by atoms with E-state index in [1.165, 1.54) is 0 Å². The highest BCUT2D eigenvalue weighted by Gasteiger charge is 2.16. The zero-order chi connectivity index (χ0) is 25.2. The fourth-order valence-electron chi connectivity index (χ4n) is 3.98. The van der Waals surface area contributed by atoms with Crippen molar-refractivity contribution >= 4 is 22.6 Å². The van der Waals surface area contributed by atoms with E-state index in [0.29, 0.717) is 39.3 Å². The molecule has 6 aromatic rings. The number of carbonyl (C=O) groups is 1. The van der Waals surface area contributed by atoms with Crippen molar-refractivity contribution in [2.45, 2.75) is 0 Å². The first-order chi connectivity index (χ1) is 18.2. The molecule has 0 aliphatic heterocycles. The molecule has 3 aromatic heterocycles. The molecule has 37 heavy (non-hydrogen) atoms. The van der Waals surface area contributed by atoms with Gasteiger partial charge in [-0.1, -0.05) is 47.6 Å². The summed E-state index contributed by atoms with van der Waals surface area (Å²) >= 11 is 0. The lowest BCUT2D eigenvalue weighted by Gasteiger charge is -2.09. The maximum absolute atomic E-state index is 13.0. The van der Waals surface area contributed by atoms with Crippen molar-refractivity contribution in [3.8, 4) is 34.0 Å². The molecule has 3 heterocycles. The highest BCUT2D eigenvalue weighted by molar-refractivity contribution is 6.06. The summed E-state index contributed by atoms with van der Waals surface area (Å²) in [4.78, 5) is 34.1. The summed E-state index contributed by atoms with van der Waals surface area (Å²) in [5, 5.41) is 7.77. The topological polar surface area (TPSA) is 111 Å². The first-order valence-electron chi connectivity index (χ1n) is 11.4. The minimum absolute atomic E-state index is 0.271. The number of nitrogens with zero attached hydrogens (tertiary/aromatic N) is 3. The van der Waals surface area contributed by atoms with E-state index in [1.807, 2.05) is 30.3 Å². The number of nitrogens with one attached hydrogen (secondary N) is 1. The first-order valence-corrected chi connectivity index (χ1v) is 11.4. The average Bonchev–Trinajstić information content (AvgIpc) is 3.44. The summed E-state index contributed by atoms with van der Waals surface area (Å²) in [6, 6.07) is 26.7. The Morgan fingerprint density at radius 2 is 1.62 bits per heavy atom. The minimum atomic E-state index is -0.435. The molecule has 1 N–H and O–H groups in total. The van der Waals surface area contributed by atoms with Gasteiger partial charge in [0.1, 0.15) is 5.58 Å². The number of amides is 1. The summed E-state index contributed by atoms with van der Waals surface area (Å²) in [6.07, 6.45) is 3.31. The number of fused-ring (bicyclic) bond motifs is 1. The van der Waals surface area contributed by atoms with Crippen LogP contribution in [0.3, 0.4) is 0 Å². The lowest BCUT2D eigenvalue weighted by Crippen LogP contribution is -2.12. The van der Waals surface area contributed by atoms with Crippen LogP contribution in [0.25, 0.3) is 44.9 Å². The van der Waals surface area contributed by atoms with Crippen LogP contribution in [-0.4, -0.2) is 21.0 Å². The van der Waals surface area contributed by atoms with Crippen molar-refractivity contribution in [2.75, 3.05) is 5.32 Å². The Morgan fingerprint density at radius 3 is 2.46 bits per heavy atom. The van der Waals surface area contributed by atoms with Crippen LogP contribution in [0.15, 0.2) is 117 Å². The highest BCUT2D eigenvalue weighted by Crippen LogP contribution is 2.29. The molecule has 0 saturated heterocycles. The maximum atomic E-state index is 13.0. The Hall–Kier alpha value is -5.37. The smallest absolute Gasteiger partial charge is 0.344 e. The number of pyridine rings is 1. The van der Waals surface area contributed by atoms with Gasteiger partial charge in [0.05, 0.1) is 16.8 Å². The molecule has 3 aromatic carbocycles. The molecule has 0 unspecified atom stereocenters. The largest absolute Gasteiger partial charge is 0.422 e. The lowest BCUT2D eigenvalue weighted by atomic mass is 10.0. The molecule has 0 atom stereocenters. The summed E-state index contributed by atoms with van der Waals surface area (Å²) in [7, 11) is 0. The van der Waals surface area contributed by atoms with Gasteiger partial charge in [-0.2, -0.15) is 4.98 Å². The van der Waals surface area contributed by atoms with Gasteiger partial charge < -0.3 is 14.3 Å². The van der Waals surface area contributed by atoms with Gasteiger partial charge >= 0.3 is 5.63 Å². The molecular weight excluding hydrogens is 468 g/mol. The van der Waals surface area contributed by atoms with Crippen LogP contribution in [0.1, 0.15) is 10.4 Å². The van der Waals surface area contributed by atoms with Gasteiger partial charge in [0.25, 0.3) is 11.8 Å². The Kier molecular flexibility index (Phi) is 5.59. The van der Waals surface area contributed by atoms with Crippen molar-refractivity contribution in [1.29, 1.82) is 0 Å². The van der Waals surface area contributed by atoms with E-state index in [4.69, 9.17) is 8.94 Å². The van der Waals surface area contributed by atoms with Gasteiger partial charge in [0.2, 0.25) is 5.82 Å². The Labute approximate surface area is 210 Å². The molecule has 0 aliphatic rings. The second kappa shape index (κ2) is 9.35. The third kappa shape index (κ3) is 4.39. The SMILES string of the molecule is O=C(Nc1ccccc1-c1nc(-c2cccnc2)no1)c1ccc(-c2cc3ccccc3oc2=O)cc1. The number of aromatic nitrogens is 3. The molecule has 178 valence electrons. The summed E-state index contributed by atoms with van der Waals surface area (Å²) < 4.78 is 10.9. The number of anilines is 1. The summed E-state index contributed by atoms with van der Waals surface area (Å²) in [5.41, 5.74) is 3.43. The van der Waals surface area contributed by atoms with Crippen LogP contribution < -0.4 is 10.9 Å². The Morgan fingerprint density at radius 1 is 0.811 bits per heavy atom. The van der Waals surface area contributed by atoms with E-state index in [9.17, 15) is 9.59 Å². The van der Waals surface area contributed by atoms with E-state index in [1.54, 1.807) is 73.1 Å². The Bertz CT molecular complexity index is 1790. The number of benzene rings is 3. The van der Waals surface area contributed by atoms with E-state index in [0.717, 1.165) is 10.9 Å². The van der Waals surface area contributed by atoms with Crippen molar-refractivity contribution in [3.63, 3.8) is 0 Å². The van der Waals surface area contributed by atoms with E-state index in [2.05, 4.69) is 20.4 Å². The third-order valence-corrected chi connectivity index (χ3v) is 5.85. The zero-order valence-corrected chi connectivity index (χ0v) is 19.3. The average molecular weight is 486 g/mol. The molecule has 0 aliphatic carbocycles. The first kappa shape index (κ1) is 22.1. The number of hydrogen-bond acceptors (Lipinski definition) is 7. The molecule has 8 nitrogen and oxygen atoms in total. The second-order valence-electron chi connectivity index (χ2n) is 8.23. The van der Waals surface area contributed by atoms with Crippen molar-refractivity contribution in [3.05, 3.63) is 119 Å². The Balaban J connectivity index is 1.25. The van der Waals surface area contributed by atoms with Crippen LogP contribution >= 0.6 is 0 Å². The van der Waals surface area contributed by atoms with Gasteiger partial charge in [-0.15, -0.1) is 0 Å². The zero-order valence-electron chi connectivity index (χ0n) is 19.3. The van der Waals surface area contributed by atoms with Crippen molar-refractivity contribution < 1.29 is 13.7 Å². The summed E-state index contributed by atoms with van der Waals surface area (Å²) in [6.45, 7) is 0. The fourth-order valence-corrected chi connectivity index (χ4v) is 3.98. The van der Waals surface area contributed by atoms with Crippen LogP contribution in [-0.2, 0) is 0 Å². The lowest BCUT2D eigenvalue weighted by molar-refractivity contribution is 0.102. The monoisotopic (exact) mass is 486 g/mol. The van der Waals surface area contributed by atoms with Crippen molar-refractivity contribution in [1.82, 2.24) is 15.1 Å². The number of para-hydroxylation sites is 2. The molecule has 0 spiro atoms.